The zero-order valence-corrected chi connectivity index (χ0v) is 18.0. The number of amides is 2. The van der Waals surface area contributed by atoms with Gasteiger partial charge in [0, 0.05) is 47.4 Å². The van der Waals surface area contributed by atoms with Crippen LogP contribution in [0.5, 0.6) is 5.88 Å². The van der Waals surface area contributed by atoms with Crippen molar-refractivity contribution in [2.45, 2.75) is 26.3 Å². The molecule has 0 aliphatic carbocycles. The van der Waals surface area contributed by atoms with Crippen molar-refractivity contribution >= 4 is 39.9 Å². The van der Waals surface area contributed by atoms with Gasteiger partial charge in [0.1, 0.15) is 0 Å². The van der Waals surface area contributed by atoms with Crippen LogP contribution in [0.4, 0.5) is 16.3 Å². The third-order valence-electron chi connectivity index (χ3n) is 5.28. The maximum atomic E-state index is 12.7. The summed E-state index contributed by atoms with van der Waals surface area (Å²) in [5, 5.41) is 8.63. The van der Waals surface area contributed by atoms with Crippen molar-refractivity contribution in [1.82, 2.24) is 15.3 Å². The van der Waals surface area contributed by atoms with E-state index in [4.69, 9.17) is 16.3 Å². The number of fused-ring (bicyclic) bond motifs is 1. The molecule has 2 N–H and O–H groups in total. The highest BCUT2D eigenvalue weighted by Gasteiger charge is 2.26. The normalized spacial score (nSPS) is 16.0. The Hall–Kier alpha value is -3.06. The molecule has 3 aromatic rings. The second-order valence-electron chi connectivity index (χ2n) is 7.44. The first kappa shape index (κ1) is 20.2. The third-order valence-corrected chi connectivity index (χ3v) is 5.57. The number of aromatic nitrogens is 2. The molecule has 30 heavy (non-hydrogen) atoms. The maximum absolute atomic E-state index is 12.7. The molecule has 1 fully saturated rings. The van der Waals surface area contributed by atoms with Crippen molar-refractivity contribution < 1.29 is 9.53 Å². The van der Waals surface area contributed by atoms with Crippen LogP contribution in [0.2, 0.25) is 5.02 Å². The standard InChI is InChI=1S/C22H24ClN5O2/c1-13-11-17-16(14(2)24-13)5-4-6-19(17)26-22(29)25-15-9-10-28(12-15)21-18(23)7-8-20(27-21)30-3/h4-8,11,15H,9-10,12H2,1-3H3,(H2,25,26,29). The van der Waals surface area contributed by atoms with Gasteiger partial charge in [-0.25, -0.2) is 4.79 Å². The molecule has 2 aromatic heterocycles. The second kappa shape index (κ2) is 8.36. The van der Waals surface area contributed by atoms with Crippen molar-refractivity contribution in [3.63, 3.8) is 0 Å². The van der Waals surface area contributed by atoms with Crippen molar-refractivity contribution in [3.8, 4) is 5.88 Å². The van der Waals surface area contributed by atoms with Gasteiger partial charge in [0.15, 0.2) is 5.82 Å². The number of carbonyl (C=O) groups excluding carboxylic acids is 1. The Balaban J connectivity index is 1.44. The van der Waals surface area contributed by atoms with Crippen molar-refractivity contribution in [2.75, 3.05) is 30.4 Å². The molecule has 7 nitrogen and oxygen atoms in total. The Bertz CT molecular complexity index is 1100. The number of anilines is 2. The fourth-order valence-electron chi connectivity index (χ4n) is 3.87. The molecule has 8 heteroatoms. The molecule has 1 unspecified atom stereocenters. The summed E-state index contributed by atoms with van der Waals surface area (Å²) >= 11 is 6.31. The van der Waals surface area contributed by atoms with Crippen LogP contribution in [-0.4, -0.2) is 42.2 Å². The van der Waals surface area contributed by atoms with Crippen molar-refractivity contribution in [1.29, 1.82) is 0 Å². The number of ether oxygens (including phenoxy) is 1. The van der Waals surface area contributed by atoms with Crippen LogP contribution in [-0.2, 0) is 0 Å². The first-order valence-corrected chi connectivity index (χ1v) is 10.2. The minimum atomic E-state index is -0.230. The largest absolute Gasteiger partial charge is 0.481 e. The summed E-state index contributed by atoms with van der Waals surface area (Å²) in [7, 11) is 1.57. The van der Waals surface area contributed by atoms with Crippen LogP contribution in [0.1, 0.15) is 17.8 Å². The van der Waals surface area contributed by atoms with Crippen LogP contribution in [0, 0.1) is 13.8 Å². The molecule has 0 bridgehead atoms. The first-order valence-electron chi connectivity index (χ1n) is 9.84. The number of urea groups is 1. The second-order valence-corrected chi connectivity index (χ2v) is 7.85. The number of methoxy groups -OCH3 is 1. The van der Waals surface area contributed by atoms with Gasteiger partial charge in [0.2, 0.25) is 5.88 Å². The van der Waals surface area contributed by atoms with Gasteiger partial charge in [0.05, 0.1) is 17.8 Å². The lowest BCUT2D eigenvalue weighted by Crippen LogP contribution is -2.39. The Labute approximate surface area is 180 Å². The van der Waals surface area contributed by atoms with E-state index < -0.39 is 0 Å². The van der Waals surface area contributed by atoms with Crippen molar-refractivity contribution in [3.05, 3.63) is 52.8 Å². The third kappa shape index (κ3) is 4.11. The molecule has 1 atom stereocenters. The molecule has 2 amide bonds. The molecular formula is C22H24ClN5O2. The highest BCUT2D eigenvalue weighted by molar-refractivity contribution is 6.33. The Morgan fingerprint density at radius 2 is 2.03 bits per heavy atom. The first-order chi connectivity index (χ1) is 14.4. The topological polar surface area (TPSA) is 79.4 Å². The lowest BCUT2D eigenvalue weighted by atomic mass is 10.1. The van der Waals surface area contributed by atoms with E-state index in [1.54, 1.807) is 19.2 Å². The van der Waals surface area contributed by atoms with Crippen LogP contribution < -0.4 is 20.3 Å². The van der Waals surface area contributed by atoms with Gasteiger partial charge in [-0.3, -0.25) is 4.98 Å². The minimum absolute atomic E-state index is 0.00539. The molecule has 1 saturated heterocycles. The number of halogens is 1. The number of aryl methyl sites for hydroxylation is 2. The smallest absolute Gasteiger partial charge is 0.319 e. The van der Waals surface area contributed by atoms with E-state index in [0.29, 0.717) is 23.3 Å². The number of hydrogen-bond acceptors (Lipinski definition) is 5. The van der Waals surface area contributed by atoms with E-state index in [-0.39, 0.29) is 12.1 Å². The molecule has 0 radical (unpaired) electrons. The van der Waals surface area contributed by atoms with E-state index >= 15 is 0 Å². The fourth-order valence-corrected chi connectivity index (χ4v) is 4.10. The van der Waals surface area contributed by atoms with Gasteiger partial charge in [0.25, 0.3) is 0 Å². The monoisotopic (exact) mass is 425 g/mol. The molecule has 156 valence electrons. The van der Waals surface area contributed by atoms with E-state index in [1.165, 1.54) is 0 Å². The molecular weight excluding hydrogens is 402 g/mol. The number of benzene rings is 1. The summed E-state index contributed by atoms with van der Waals surface area (Å²) in [6, 6.07) is 11.1. The maximum Gasteiger partial charge on any atom is 0.319 e. The summed E-state index contributed by atoms with van der Waals surface area (Å²) in [5.41, 5.74) is 2.64. The van der Waals surface area contributed by atoms with Gasteiger partial charge in [-0.15, -0.1) is 0 Å². The lowest BCUT2D eigenvalue weighted by Gasteiger charge is -2.20. The zero-order chi connectivity index (χ0) is 21.3. The zero-order valence-electron chi connectivity index (χ0n) is 17.2. The molecule has 1 aliphatic rings. The van der Waals surface area contributed by atoms with Crippen LogP contribution in [0.25, 0.3) is 10.8 Å². The fraction of sp³-hybridized carbons (Fsp3) is 0.318. The predicted octanol–water partition coefficient (Wildman–Crippen LogP) is 4.31. The number of nitrogens with one attached hydrogen (secondary N) is 2. The number of hydrogen-bond donors (Lipinski definition) is 2. The average molecular weight is 426 g/mol. The van der Waals surface area contributed by atoms with E-state index in [0.717, 1.165) is 40.8 Å². The average Bonchev–Trinajstić information content (AvgIpc) is 3.17. The van der Waals surface area contributed by atoms with E-state index in [1.807, 2.05) is 38.1 Å². The summed E-state index contributed by atoms with van der Waals surface area (Å²) in [5.74, 6) is 1.19. The Morgan fingerprint density at radius 3 is 2.83 bits per heavy atom. The molecule has 1 aromatic carbocycles. The quantitative estimate of drug-likeness (QED) is 0.651. The number of rotatable bonds is 4. The number of nitrogens with zero attached hydrogens (tertiary/aromatic N) is 3. The lowest BCUT2D eigenvalue weighted by molar-refractivity contribution is 0.249. The molecule has 0 spiro atoms. The van der Waals surface area contributed by atoms with E-state index in [9.17, 15) is 4.79 Å². The highest BCUT2D eigenvalue weighted by Crippen LogP contribution is 2.29. The van der Waals surface area contributed by atoms with E-state index in [2.05, 4.69) is 25.5 Å². The molecule has 0 saturated carbocycles. The Kier molecular flexibility index (Phi) is 5.63. The molecule has 4 rings (SSSR count). The van der Waals surface area contributed by atoms with Gasteiger partial charge in [-0.1, -0.05) is 23.7 Å². The van der Waals surface area contributed by atoms with Crippen LogP contribution in [0.15, 0.2) is 36.4 Å². The molecule has 3 heterocycles. The number of carbonyl (C=O) groups is 1. The van der Waals surface area contributed by atoms with Gasteiger partial charge >= 0.3 is 6.03 Å². The van der Waals surface area contributed by atoms with Gasteiger partial charge in [-0.05, 0) is 38.5 Å². The summed E-state index contributed by atoms with van der Waals surface area (Å²) in [4.78, 5) is 23.7. The predicted molar refractivity (Wildman–Crippen MR) is 120 cm³/mol. The number of pyridine rings is 2. The summed E-state index contributed by atoms with van der Waals surface area (Å²) in [6.45, 7) is 5.31. The van der Waals surface area contributed by atoms with Crippen LogP contribution in [0.3, 0.4) is 0 Å². The summed E-state index contributed by atoms with van der Waals surface area (Å²) in [6.07, 6.45) is 0.806. The summed E-state index contributed by atoms with van der Waals surface area (Å²) < 4.78 is 5.20. The van der Waals surface area contributed by atoms with Crippen molar-refractivity contribution in [2.24, 2.45) is 0 Å². The van der Waals surface area contributed by atoms with Gasteiger partial charge < -0.3 is 20.3 Å². The SMILES string of the molecule is COc1ccc(Cl)c(N2CCC(NC(=O)Nc3cccc4c(C)nc(C)cc34)C2)n1. The van der Waals surface area contributed by atoms with Crippen LogP contribution >= 0.6 is 11.6 Å². The van der Waals surface area contributed by atoms with Gasteiger partial charge in [-0.2, -0.15) is 4.98 Å². The Morgan fingerprint density at radius 1 is 1.20 bits per heavy atom. The minimum Gasteiger partial charge on any atom is -0.481 e. The molecule has 1 aliphatic heterocycles. The highest BCUT2D eigenvalue weighted by atomic mass is 35.5.